The highest BCUT2D eigenvalue weighted by Crippen LogP contribution is 2.29. The topological polar surface area (TPSA) is 88.4 Å². The fourth-order valence-electron chi connectivity index (χ4n) is 3.51. The second-order valence-electron chi connectivity index (χ2n) is 7.53. The van der Waals surface area contributed by atoms with E-state index in [-0.39, 0.29) is 11.8 Å². The van der Waals surface area contributed by atoms with Gasteiger partial charge in [-0.2, -0.15) is 0 Å². The molecule has 1 fully saturated rings. The number of carbonyl (C=O) groups is 1. The van der Waals surface area contributed by atoms with Gasteiger partial charge in [0.2, 0.25) is 5.89 Å². The van der Waals surface area contributed by atoms with Gasteiger partial charge in [-0.25, -0.2) is 9.89 Å². The fraction of sp³-hybridized carbons (Fsp3) is 0.550. The minimum absolute atomic E-state index is 0.0613. The Hall–Kier alpha value is -2.57. The Morgan fingerprint density at radius 3 is 2.81 bits per heavy atom. The van der Waals surface area contributed by atoms with Gasteiger partial charge in [-0.15, -0.1) is 5.10 Å². The molecule has 146 valence electrons. The number of benzene rings is 1. The van der Waals surface area contributed by atoms with E-state index in [4.69, 9.17) is 9.15 Å². The number of likely N-dealkylation sites (tertiary alicyclic amines) is 1. The SMILES string of the molecule is Cc1ccc(C(C)C)c(OC(C)C(=O)N2CCCC(c3n[nH]c(=O)o3)C2)c1. The number of hydrogen-bond donors (Lipinski definition) is 1. The molecule has 1 N–H and O–H groups in total. The summed E-state index contributed by atoms with van der Waals surface area (Å²) < 4.78 is 11.1. The number of aromatic amines is 1. The lowest BCUT2D eigenvalue weighted by molar-refractivity contribution is -0.139. The van der Waals surface area contributed by atoms with Crippen LogP contribution < -0.4 is 10.5 Å². The highest BCUT2D eigenvalue weighted by atomic mass is 16.5. The normalized spacial score (nSPS) is 18.6. The van der Waals surface area contributed by atoms with E-state index >= 15 is 0 Å². The van der Waals surface area contributed by atoms with Crippen LogP contribution in [0.1, 0.15) is 62.5 Å². The van der Waals surface area contributed by atoms with E-state index in [9.17, 15) is 9.59 Å². The van der Waals surface area contributed by atoms with E-state index in [1.165, 1.54) is 0 Å². The van der Waals surface area contributed by atoms with Crippen LogP contribution in [0.2, 0.25) is 0 Å². The summed E-state index contributed by atoms with van der Waals surface area (Å²) in [5.74, 6) is 0.744. The van der Waals surface area contributed by atoms with Crippen molar-refractivity contribution in [3.05, 3.63) is 45.8 Å². The highest BCUT2D eigenvalue weighted by Gasteiger charge is 2.31. The molecule has 7 nitrogen and oxygen atoms in total. The lowest BCUT2D eigenvalue weighted by Gasteiger charge is -2.33. The summed E-state index contributed by atoms with van der Waals surface area (Å²) in [7, 11) is 0. The molecule has 0 saturated carbocycles. The van der Waals surface area contributed by atoms with Crippen LogP contribution in [0.4, 0.5) is 0 Å². The minimum Gasteiger partial charge on any atom is -0.481 e. The Morgan fingerprint density at radius 2 is 2.15 bits per heavy atom. The van der Waals surface area contributed by atoms with Crippen LogP contribution in [0.3, 0.4) is 0 Å². The molecule has 1 amide bonds. The van der Waals surface area contributed by atoms with Gasteiger partial charge in [-0.3, -0.25) is 4.79 Å². The molecule has 0 bridgehead atoms. The Kier molecular flexibility index (Phi) is 5.68. The number of aromatic nitrogens is 2. The van der Waals surface area contributed by atoms with Crippen molar-refractivity contribution >= 4 is 5.91 Å². The molecule has 3 rings (SSSR count). The van der Waals surface area contributed by atoms with Gasteiger partial charge in [-0.1, -0.05) is 26.0 Å². The number of aryl methyl sites for hydroxylation is 1. The van der Waals surface area contributed by atoms with Crippen LogP contribution in [0.5, 0.6) is 5.75 Å². The van der Waals surface area contributed by atoms with Gasteiger partial charge in [0.25, 0.3) is 5.91 Å². The number of piperidine rings is 1. The molecule has 1 aromatic carbocycles. The molecule has 1 saturated heterocycles. The third-order valence-electron chi connectivity index (χ3n) is 4.98. The van der Waals surface area contributed by atoms with Gasteiger partial charge >= 0.3 is 5.76 Å². The van der Waals surface area contributed by atoms with Gasteiger partial charge in [-0.05, 0) is 49.8 Å². The Morgan fingerprint density at radius 1 is 1.37 bits per heavy atom. The summed E-state index contributed by atoms with van der Waals surface area (Å²) in [5.41, 5.74) is 2.19. The molecule has 1 aromatic heterocycles. The zero-order chi connectivity index (χ0) is 19.6. The molecule has 0 spiro atoms. The molecule has 0 radical (unpaired) electrons. The molecular formula is C20H27N3O4. The molecule has 2 heterocycles. The Bertz CT molecular complexity index is 855. The fourth-order valence-corrected chi connectivity index (χ4v) is 3.51. The zero-order valence-corrected chi connectivity index (χ0v) is 16.3. The molecule has 1 aliphatic heterocycles. The Labute approximate surface area is 158 Å². The molecular weight excluding hydrogens is 346 g/mol. The average molecular weight is 373 g/mol. The second kappa shape index (κ2) is 7.98. The van der Waals surface area contributed by atoms with Crippen molar-refractivity contribution in [2.45, 2.75) is 58.5 Å². The number of amides is 1. The first-order valence-electron chi connectivity index (χ1n) is 9.46. The maximum Gasteiger partial charge on any atom is 0.434 e. The summed E-state index contributed by atoms with van der Waals surface area (Å²) >= 11 is 0. The van der Waals surface area contributed by atoms with Crippen molar-refractivity contribution in [2.24, 2.45) is 0 Å². The number of rotatable bonds is 5. The lowest BCUT2D eigenvalue weighted by Crippen LogP contribution is -2.45. The smallest absolute Gasteiger partial charge is 0.434 e. The summed E-state index contributed by atoms with van der Waals surface area (Å²) in [4.78, 5) is 25.9. The minimum atomic E-state index is -0.589. The standard InChI is InChI=1S/C20H27N3O4/c1-12(2)16-8-7-13(3)10-17(16)26-14(4)19(24)23-9-5-6-15(11-23)18-21-22-20(25)27-18/h7-8,10,12,14-15H,5-6,9,11H2,1-4H3,(H,22,25). The number of H-pyrrole nitrogens is 1. The Balaban J connectivity index is 1.70. The van der Waals surface area contributed by atoms with Crippen LogP contribution in [0.25, 0.3) is 0 Å². The average Bonchev–Trinajstić information content (AvgIpc) is 3.07. The van der Waals surface area contributed by atoms with Gasteiger partial charge in [0.05, 0.1) is 5.92 Å². The summed E-state index contributed by atoms with van der Waals surface area (Å²) in [6.45, 7) is 9.16. The van der Waals surface area contributed by atoms with Gasteiger partial charge < -0.3 is 14.1 Å². The first-order valence-corrected chi connectivity index (χ1v) is 9.46. The summed E-state index contributed by atoms with van der Waals surface area (Å²) in [6.07, 6.45) is 1.08. The van der Waals surface area contributed by atoms with Crippen molar-refractivity contribution in [2.75, 3.05) is 13.1 Å². The van der Waals surface area contributed by atoms with E-state index in [2.05, 4.69) is 36.2 Å². The number of nitrogens with zero attached hydrogens (tertiary/aromatic N) is 2. The van der Waals surface area contributed by atoms with Gasteiger partial charge in [0.15, 0.2) is 6.10 Å². The summed E-state index contributed by atoms with van der Waals surface area (Å²) in [5, 5.41) is 6.20. The maximum atomic E-state index is 12.9. The molecule has 27 heavy (non-hydrogen) atoms. The van der Waals surface area contributed by atoms with Crippen LogP contribution >= 0.6 is 0 Å². The van der Waals surface area contributed by atoms with E-state index in [1.54, 1.807) is 11.8 Å². The largest absolute Gasteiger partial charge is 0.481 e. The van der Waals surface area contributed by atoms with Crippen molar-refractivity contribution < 1.29 is 13.9 Å². The highest BCUT2D eigenvalue weighted by molar-refractivity contribution is 5.81. The van der Waals surface area contributed by atoms with Crippen LogP contribution in [-0.2, 0) is 4.79 Å². The molecule has 2 unspecified atom stereocenters. The van der Waals surface area contributed by atoms with E-state index in [0.29, 0.717) is 24.9 Å². The molecule has 0 aliphatic carbocycles. The number of ether oxygens (including phenoxy) is 1. The maximum absolute atomic E-state index is 12.9. The predicted octanol–water partition coefficient (Wildman–Crippen LogP) is 2.97. The first-order chi connectivity index (χ1) is 12.8. The van der Waals surface area contributed by atoms with Gasteiger partial charge in [0.1, 0.15) is 5.75 Å². The van der Waals surface area contributed by atoms with E-state index < -0.39 is 11.9 Å². The second-order valence-corrected chi connectivity index (χ2v) is 7.53. The third kappa shape index (κ3) is 4.40. The monoisotopic (exact) mass is 373 g/mol. The first kappa shape index (κ1) is 19.2. The van der Waals surface area contributed by atoms with Crippen molar-refractivity contribution in [1.29, 1.82) is 0 Å². The van der Waals surface area contributed by atoms with Crippen molar-refractivity contribution in [3.63, 3.8) is 0 Å². The third-order valence-corrected chi connectivity index (χ3v) is 4.98. The molecule has 1 aliphatic rings. The van der Waals surface area contributed by atoms with Crippen molar-refractivity contribution in [3.8, 4) is 5.75 Å². The van der Waals surface area contributed by atoms with Crippen LogP contribution in [0.15, 0.2) is 27.4 Å². The predicted molar refractivity (Wildman–Crippen MR) is 101 cm³/mol. The lowest BCUT2D eigenvalue weighted by atomic mass is 9.97. The van der Waals surface area contributed by atoms with Gasteiger partial charge in [0, 0.05) is 13.1 Å². The quantitative estimate of drug-likeness (QED) is 0.870. The molecule has 2 atom stereocenters. The number of carbonyl (C=O) groups excluding carboxylic acids is 1. The van der Waals surface area contributed by atoms with E-state index in [1.807, 2.05) is 13.0 Å². The number of hydrogen-bond acceptors (Lipinski definition) is 5. The van der Waals surface area contributed by atoms with E-state index in [0.717, 1.165) is 29.7 Å². The van der Waals surface area contributed by atoms with Crippen LogP contribution in [-0.4, -0.2) is 40.2 Å². The van der Waals surface area contributed by atoms with Crippen molar-refractivity contribution in [1.82, 2.24) is 15.1 Å². The number of nitrogens with one attached hydrogen (secondary N) is 1. The van der Waals surface area contributed by atoms with Crippen LogP contribution in [0, 0.1) is 6.92 Å². The molecule has 2 aromatic rings. The molecule has 7 heteroatoms. The summed E-state index contributed by atoms with van der Waals surface area (Å²) in [6, 6.07) is 6.10. The zero-order valence-electron chi connectivity index (χ0n) is 16.3.